The number of carbonyl (C=O) groups excluding carboxylic acids is 2. The van der Waals surface area contributed by atoms with E-state index in [1.165, 1.54) is 4.80 Å². The SMILES string of the molecule is CC(NC(=O)CCCn1nnc(-c2ccccc2)n1)c1ccc2c(c1)NC(=O)CO2. The van der Waals surface area contributed by atoms with Crippen molar-refractivity contribution >= 4 is 17.5 Å². The van der Waals surface area contributed by atoms with Gasteiger partial charge in [-0.25, -0.2) is 0 Å². The molecule has 2 heterocycles. The van der Waals surface area contributed by atoms with E-state index in [-0.39, 0.29) is 24.5 Å². The summed E-state index contributed by atoms with van der Waals surface area (Å²) in [5.41, 5.74) is 2.41. The minimum atomic E-state index is -0.198. The van der Waals surface area contributed by atoms with Gasteiger partial charge in [0.15, 0.2) is 6.61 Å². The largest absolute Gasteiger partial charge is 0.482 e. The number of benzene rings is 2. The molecule has 1 aliphatic heterocycles. The maximum absolute atomic E-state index is 12.3. The monoisotopic (exact) mass is 406 g/mol. The average Bonchev–Trinajstić information content (AvgIpc) is 3.22. The summed E-state index contributed by atoms with van der Waals surface area (Å²) in [6, 6.07) is 14.9. The summed E-state index contributed by atoms with van der Waals surface area (Å²) in [4.78, 5) is 25.3. The minimum absolute atomic E-state index is 0.0199. The second-order valence-electron chi connectivity index (χ2n) is 7.06. The van der Waals surface area contributed by atoms with Gasteiger partial charge in [-0.3, -0.25) is 9.59 Å². The Morgan fingerprint density at radius 2 is 2.10 bits per heavy atom. The zero-order valence-electron chi connectivity index (χ0n) is 16.5. The van der Waals surface area contributed by atoms with E-state index >= 15 is 0 Å². The van der Waals surface area contributed by atoms with E-state index < -0.39 is 0 Å². The van der Waals surface area contributed by atoms with Gasteiger partial charge < -0.3 is 15.4 Å². The molecule has 0 saturated carbocycles. The molecule has 0 radical (unpaired) electrons. The highest BCUT2D eigenvalue weighted by molar-refractivity contribution is 5.95. The van der Waals surface area contributed by atoms with Gasteiger partial charge in [-0.2, -0.15) is 4.80 Å². The fraction of sp³-hybridized carbons (Fsp3) is 0.286. The lowest BCUT2D eigenvalue weighted by atomic mass is 10.1. The number of aromatic nitrogens is 4. The number of hydrogen-bond donors (Lipinski definition) is 2. The van der Waals surface area contributed by atoms with E-state index in [4.69, 9.17) is 4.74 Å². The standard InChI is InChI=1S/C21H22N6O3/c1-14(16-9-10-18-17(12-16)23-20(29)13-30-18)22-19(28)8-5-11-27-25-21(24-26-27)15-6-3-2-4-7-15/h2-4,6-7,9-10,12,14H,5,8,11,13H2,1H3,(H,22,28)(H,23,29). The predicted octanol–water partition coefficient (Wildman–Crippen LogP) is 2.33. The summed E-state index contributed by atoms with van der Waals surface area (Å²) in [5.74, 6) is 0.946. The molecular formula is C21H22N6O3. The molecule has 3 aromatic rings. The second-order valence-corrected chi connectivity index (χ2v) is 7.06. The molecule has 0 fully saturated rings. The number of nitrogens with zero attached hydrogens (tertiary/aromatic N) is 4. The van der Waals surface area contributed by atoms with Crippen LogP contribution in [0.2, 0.25) is 0 Å². The molecule has 1 aliphatic rings. The Morgan fingerprint density at radius 3 is 2.93 bits per heavy atom. The molecule has 4 rings (SSSR count). The molecule has 2 amide bonds. The van der Waals surface area contributed by atoms with Crippen molar-refractivity contribution in [2.24, 2.45) is 0 Å². The van der Waals surface area contributed by atoms with Crippen LogP contribution in [0.5, 0.6) is 5.75 Å². The Kier molecular flexibility index (Phi) is 5.69. The Morgan fingerprint density at radius 1 is 1.27 bits per heavy atom. The van der Waals surface area contributed by atoms with E-state index in [9.17, 15) is 9.59 Å². The number of nitrogens with one attached hydrogen (secondary N) is 2. The van der Waals surface area contributed by atoms with Crippen molar-refractivity contribution in [3.05, 3.63) is 54.1 Å². The van der Waals surface area contributed by atoms with Crippen LogP contribution in [-0.2, 0) is 16.1 Å². The lowest BCUT2D eigenvalue weighted by Gasteiger charge is -2.21. The Hall–Kier alpha value is -3.75. The van der Waals surface area contributed by atoms with Crippen molar-refractivity contribution in [1.29, 1.82) is 0 Å². The van der Waals surface area contributed by atoms with Gasteiger partial charge in [-0.1, -0.05) is 36.4 Å². The lowest BCUT2D eigenvalue weighted by Crippen LogP contribution is -2.28. The zero-order valence-corrected chi connectivity index (χ0v) is 16.5. The van der Waals surface area contributed by atoms with Crippen molar-refractivity contribution in [3.8, 4) is 17.1 Å². The van der Waals surface area contributed by atoms with Crippen LogP contribution in [0.4, 0.5) is 5.69 Å². The van der Waals surface area contributed by atoms with Gasteiger partial charge in [0.05, 0.1) is 18.3 Å². The summed E-state index contributed by atoms with van der Waals surface area (Å²) in [7, 11) is 0. The highest BCUT2D eigenvalue weighted by Crippen LogP contribution is 2.30. The van der Waals surface area contributed by atoms with Crippen molar-refractivity contribution in [2.75, 3.05) is 11.9 Å². The van der Waals surface area contributed by atoms with Crippen LogP contribution < -0.4 is 15.4 Å². The van der Waals surface area contributed by atoms with Gasteiger partial charge in [0.1, 0.15) is 5.75 Å². The third-order valence-electron chi connectivity index (χ3n) is 4.76. The highest BCUT2D eigenvalue weighted by atomic mass is 16.5. The van der Waals surface area contributed by atoms with Crippen molar-refractivity contribution in [1.82, 2.24) is 25.5 Å². The van der Waals surface area contributed by atoms with E-state index in [0.717, 1.165) is 11.1 Å². The summed E-state index contributed by atoms with van der Waals surface area (Å²) in [6.45, 7) is 2.42. The van der Waals surface area contributed by atoms with Crippen LogP contribution in [-0.4, -0.2) is 38.6 Å². The highest BCUT2D eigenvalue weighted by Gasteiger charge is 2.18. The molecule has 9 nitrogen and oxygen atoms in total. The molecule has 2 aromatic carbocycles. The molecule has 0 saturated heterocycles. The van der Waals surface area contributed by atoms with Gasteiger partial charge in [0, 0.05) is 12.0 Å². The number of carbonyl (C=O) groups is 2. The first-order valence-electron chi connectivity index (χ1n) is 9.78. The average molecular weight is 406 g/mol. The minimum Gasteiger partial charge on any atom is -0.482 e. The van der Waals surface area contributed by atoms with Crippen LogP contribution >= 0.6 is 0 Å². The molecule has 30 heavy (non-hydrogen) atoms. The number of rotatable bonds is 7. The van der Waals surface area contributed by atoms with Crippen LogP contribution in [0.1, 0.15) is 31.4 Å². The molecule has 0 aliphatic carbocycles. The van der Waals surface area contributed by atoms with Crippen molar-refractivity contribution < 1.29 is 14.3 Å². The number of hydrogen-bond acceptors (Lipinski definition) is 6. The van der Waals surface area contributed by atoms with Gasteiger partial charge >= 0.3 is 0 Å². The van der Waals surface area contributed by atoms with Gasteiger partial charge in [0.2, 0.25) is 11.7 Å². The van der Waals surface area contributed by atoms with E-state index in [1.807, 2.05) is 49.4 Å². The number of fused-ring (bicyclic) bond motifs is 1. The van der Waals surface area contributed by atoms with Gasteiger partial charge in [0.25, 0.3) is 5.91 Å². The van der Waals surface area contributed by atoms with Crippen molar-refractivity contribution in [3.63, 3.8) is 0 Å². The Bertz CT molecular complexity index is 1050. The summed E-state index contributed by atoms with van der Waals surface area (Å²) in [5, 5.41) is 18.2. The fourth-order valence-corrected chi connectivity index (χ4v) is 3.19. The smallest absolute Gasteiger partial charge is 0.262 e. The van der Waals surface area contributed by atoms with E-state index in [2.05, 4.69) is 26.0 Å². The van der Waals surface area contributed by atoms with Crippen LogP contribution in [0, 0.1) is 0 Å². The summed E-state index contributed by atoms with van der Waals surface area (Å²) < 4.78 is 5.36. The molecule has 2 N–H and O–H groups in total. The first-order valence-corrected chi connectivity index (χ1v) is 9.78. The maximum Gasteiger partial charge on any atom is 0.262 e. The molecule has 0 bridgehead atoms. The Balaban J connectivity index is 1.26. The van der Waals surface area contributed by atoms with E-state index in [1.54, 1.807) is 6.07 Å². The first-order chi connectivity index (χ1) is 14.6. The third-order valence-corrected chi connectivity index (χ3v) is 4.76. The zero-order chi connectivity index (χ0) is 20.9. The van der Waals surface area contributed by atoms with Gasteiger partial charge in [-0.05, 0) is 36.3 Å². The summed E-state index contributed by atoms with van der Waals surface area (Å²) >= 11 is 0. The second kappa shape index (κ2) is 8.73. The van der Waals surface area contributed by atoms with Crippen LogP contribution in [0.25, 0.3) is 11.4 Å². The van der Waals surface area contributed by atoms with Crippen LogP contribution in [0.15, 0.2) is 48.5 Å². The molecule has 154 valence electrons. The Labute approximate surface area is 173 Å². The van der Waals surface area contributed by atoms with E-state index in [0.29, 0.717) is 36.6 Å². The molecule has 1 atom stereocenters. The molecule has 9 heteroatoms. The number of ether oxygens (including phenoxy) is 1. The fourth-order valence-electron chi connectivity index (χ4n) is 3.19. The number of amides is 2. The van der Waals surface area contributed by atoms with Gasteiger partial charge in [-0.15, -0.1) is 10.2 Å². The lowest BCUT2D eigenvalue weighted by molar-refractivity contribution is -0.122. The normalized spacial score (nSPS) is 13.7. The molecule has 1 unspecified atom stereocenters. The van der Waals surface area contributed by atoms with Crippen molar-refractivity contribution in [2.45, 2.75) is 32.4 Å². The quantitative estimate of drug-likeness (QED) is 0.623. The summed E-state index contributed by atoms with van der Waals surface area (Å²) in [6.07, 6.45) is 0.939. The molecule has 0 spiro atoms. The third kappa shape index (κ3) is 4.62. The first kappa shape index (κ1) is 19.6. The number of tetrazole rings is 1. The predicted molar refractivity (Wildman–Crippen MR) is 110 cm³/mol. The molecule has 1 aromatic heterocycles. The number of aryl methyl sites for hydroxylation is 1. The number of anilines is 1. The topological polar surface area (TPSA) is 111 Å². The van der Waals surface area contributed by atoms with Crippen LogP contribution in [0.3, 0.4) is 0 Å². The maximum atomic E-state index is 12.3. The molecular weight excluding hydrogens is 384 g/mol.